The van der Waals surface area contributed by atoms with Gasteiger partial charge in [0.1, 0.15) is 31.0 Å². The van der Waals surface area contributed by atoms with Gasteiger partial charge in [0.2, 0.25) is 5.91 Å². The van der Waals surface area contributed by atoms with Crippen LogP contribution in [-0.2, 0) is 50.3 Å². The van der Waals surface area contributed by atoms with E-state index in [1.807, 2.05) is 66.7 Å². The molecule has 6 aromatic rings. The van der Waals surface area contributed by atoms with Crippen molar-refractivity contribution in [1.82, 2.24) is 14.6 Å². The number of nitriles is 1. The van der Waals surface area contributed by atoms with Crippen LogP contribution >= 0.6 is 34.5 Å². The van der Waals surface area contributed by atoms with E-state index in [4.69, 9.17) is 53.1 Å². The summed E-state index contributed by atoms with van der Waals surface area (Å²) >= 11 is 13.0. The van der Waals surface area contributed by atoms with Crippen LogP contribution in [0.2, 0.25) is 10.0 Å². The summed E-state index contributed by atoms with van der Waals surface area (Å²) in [6.07, 6.45) is -0.446. The summed E-state index contributed by atoms with van der Waals surface area (Å²) in [5.41, 5.74) is 12.2. The number of halogens is 2. The van der Waals surface area contributed by atoms with E-state index in [2.05, 4.69) is 16.4 Å². The van der Waals surface area contributed by atoms with Gasteiger partial charge >= 0.3 is 5.97 Å². The summed E-state index contributed by atoms with van der Waals surface area (Å²) in [6, 6.07) is 30.6. The van der Waals surface area contributed by atoms with E-state index in [0.29, 0.717) is 50.6 Å². The maximum Gasteiger partial charge on any atom is 0.328 e. The molecule has 0 fully saturated rings. The van der Waals surface area contributed by atoms with Crippen molar-refractivity contribution in [1.29, 1.82) is 5.26 Å². The number of nitrogens with two attached hydrogens (primary N) is 1. The van der Waals surface area contributed by atoms with Crippen LogP contribution in [0.4, 0.5) is 5.13 Å². The van der Waals surface area contributed by atoms with Crippen LogP contribution in [-0.4, -0.2) is 55.4 Å². The topological polar surface area (TPSA) is 183 Å². The maximum atomic E-state index is 14.5. The molecule has 0 bridgehead atoms. The van der Waals surface area contributed by atoms with Gasteiger partial charge in [0, 0.05) is 13.0 Å². The van der Waals surface area contributed by atoms with Crippen LogP contribution in [0.3, 0.4) is 0 Å². The third-order valence-corrected chi connectivity index (χ3v) is 15.0. The monoisotopic (exact) mass is 923 g/mol. The number of rotatable bonds is 12. The first-order valence-electron chi connectivity index (χ1n) is 19.6. The summed E-state index contributed by atoms with van der Waals surface area (Å²) in [4.78, 5) is 31.7. The Kier molecular flexibility index (Phi) is 12.6. The molecule has 0 saturated carbocycles. The van der Waals surface area contributed by atoms with E-state index in [1.165, 1.54) is 7.11 Å². The molecule has 17 heteroatoms. The Labute approximate surface area is 377 Å². The number of ether oxygens (including phenoxy) is 4. The molecular formula is C46H39Cl2N5O8S2. The van der Waals surface area contributed by atoms with Crippen LogP contribution in [0.25, 0.3) is 11.1 Å². The first kappa shape index (κ1) is 43.5. The third-order valence-electron chi connectivity index (χ3n) is 10.8. The Hall–Kier alpha value is -6.15. The smallest absolute Gasteiger partial charge is 0.328 e. The summed E-state index contributed by atoms with van der Waals surface area (Å²) in [5, 5.41) is 12.9. The molecule has 63 heavy (non-hydrogen) atoms. The van der Waals surface area contributed by atoms with E-state index in [0.717, 1.165) is 43.5 Å². The molecule has 1 aromatic heterocycles. The van der Waals surface area contributed by atoms with Gasteiger partial charge in [0.15, 0.2) is 26.9 Å². The second-order valence-electron chi connectivity index (χ2n) is 15.0. The van der Waals surface area contributed by atoms with Crippen molar-refractivity contribution in [2.45, 2.75) is 55.3 Å². The second-order valence-corrected chi connectivity index (χ2v) is 18.9. The summed E-state index contributed by atoms with van der Waals surface area (Å²) in [6.45, 7) is 1.84. The summed E-state index contributed by atoms with van der Waals surface area (Å²) < 4.78 is 53.7. The molecule has 0 saturated heterocycles. The number of hydrogen-bond donors (Lipinski definition) is 2. The Morgan fingerprint density at radius 1 is 0.952 bits per heavy atom. The molecule has 3 N–H and O–H groups in total. The van der Waals surface area contributed by atoms with Gasteiger partial charge in [-0.3, -0.25) is 4.79 Å². The zero-order valence-corrected chi connectivity index (χ0v) is 37.0. The number of benzene rings is 5. The van der Waals surface area contributed by atoms with Gasteiger partial charge in [-0.05, 0) is 101 Å². The minimum Gasteiger partial charge on any atom is -0.489 e. The first-order chi connectivity index (χ1) is 30.3. The number of nitrogen functional groups attached to an aromatic ring is 1. The number of nitrogens with zero attached hydrogens (tertiary/aromatic N) is 3. The fourth-order valence-electron chi connectivity index (χ4n) is 7.50. The van der Waals surface area contributed by atoms with E-state index >= 15 is 0 Å². The zero-order valence-electron chi connectivity index (χ0n) is 33.8. The quantitative estimate of drug-likeness (QED) is 0.114. The Morgan fingerprint density at radius 3 is 2.29 bits per heavy atom. The van der Waals surface area contributed by atoms with E-state index in [1.54, 1.807) is 43.3 Å². The number of nitrogens with one attached hydrogen (secondary N) is 1. The Morgan fingerprint density at radius 2 is 1.63 bits per heavy atom. The molecule has 322 valence electrons. The minimum atomic E-state index is -4.35. The molecule has 2 aliphatic heterocycles. The number of anilines is 1. The number of sulfonamides is 1. The molecule has 2 aliphatic rings. The standard InChI is InChI=1S/C46H39Cl2N5O8S2/c1-26-45(62-46(50)51-26)63(56,57)53-23-34-21-41-40(60-25-42(61-41)32-12-14-35(15-13-32)59-24-29-7-16-36(47)37(48)17-29)20-33(34)19-39(53)43(54)52-38(44(55)58-2)18-27-3-8-30(9-4-27)31-10-5-28(22-49)6-11-31/h3-17,20-21,38-39,42H,18-19,23-25H2,1-2H3,(H2,50,51)(H,52,54)/t38-,39-,42+/m0/s1. The first-order valence-corrected chi connectivity index (χ1v) is 22.6. The van der Waals surface area contributed by atoms with Crippen molar-refractivity contribution in [3.63, 3.8) is 0 Å². The number of carbonyl (C=O) groups is 2. The van der Waals surface area contributed by atoms with Gasteiger partial charge in [-0.15, -0.1) is 0 Å². The average Bonchev–Trinajstić information content (AvgIpc) is 3.65. The number of fused-ring (bicyclic) bond motifs is 2. The molecule has 3 heterocycles. The molecule has 0 unspecified atom stereocenters. The minimum absolute atomic E-state index is 0.0370. The third kappa shape index (κ3) is 9.46. The van der Waals surface area contributed by atoms with Crippen molar-refractivity contribution < 1.29 is 37.0 Å². The number of methoxy groups -OCH3 is 1. The highest BCUT2D eigenvalue weighted by Crippen LogP contribution is 2.42. The highest BCUT2D eigenvalue weighted by atomic mass is 35.5. The number of esters is 1. The highest BCUT2D eigenvalue weighted by Gasteiger charge is 2.43. The lowest BCUT2D eigenvalue weighted by atomic mass is 9.93. The number of thiazole rings is 1. The van der Waals surface area contributed by atoms with Crippen LogP contribution in [0.1, 0.15) is 45.2 Å². The van der Waals surface area contributed by atoms with Gasteiger partial charge in [-0.25, -0.2) is 18.2 Å². The predicted octanol–water partition coefficient (Wildman–Crippen LogP) is 7.99. The molecule has 0 radical (unpaired) electrons. The number of aryl methyl sites for hydroxylation is 1. The van der Waals surface area contributed by atoms with Crippen molar-refractivity contribution >= 4 is 61.6 Å². The van der Waals surface area contributed by atoms with Gasteiger partial charge in [0.05, 0.1) is 34.5 Å². The molecule has 5 aromatic carbocycles. The molecule has 8 rings (SSSR count). The van der Waals surface area contributed by atoms with Crippen LogP contribution in [0.15, 0.2) is 107 Å². The van der Waals surface area contributed by atoms with Crippen molar-refractivity contribution in [2.24, 2.45) is 0 Å². The maximum absolute atomic E-state index is 14.5. The number of aromatic nitrogens is 1. The Bertz CT molecular complexity index is 2850. The predicted molar refractivity (Wildman–Crippen MR) is 238 cm³/mol. The SMILES string of the molecule is COC(=O)[C@H](Cc1ccc(-c2ccc(C#N)cc2)cc1)NC(=O)[C@@H]1Cc2cc3c(cc2CN1S(=O)(=O)c1sc(N)nc1C)O[C@@H](c1ccc(OCc2ccc(Cl)c(Cl)c2)cc1)CO3. The molecule has 3 atom stereocenters. The fourth-order valence-corrected chi connectivity index (χ4v) is 10.8. The molecule has 13 nitrogen and oxygen atoms in total. The molecule has 0 aliphatic carbocycles. The zero-order chi connectivity index (χ0) is 44.4. The van der Waals surface area contributed by atoms with Crippen molar-refractivity contribution in [2.75, 3.05) is 19.5 Å². The van der Waals surface area contributed by atoms with Crippen molar-refractivity contribution in [3.8, 4) is 34.4 Å². The normalized spacial score (nSPS) is 16.3. The van der Waals surface area contributed by atoms with Gasteiger partial charge in [-0.1, -0.05) is 89.1 Å². The van der Waals surface area contributed by atoms with Crippen LogP contribution < -0.4 is 25.3 Å². The van der Waals surface area contributed by atoms with E-state index < -0.39 is 40.1 Å². The van der Waals surface area contributed by atoms with Gasteiger partial charge in [-0.2, -0.15) is 9.57 Å². The summed E-state index contributed by atoms with van der Waals surface area (Å²) in [7, 11) is -3.13. The molecular weight excluding hydrogens is 886 g/mol. The lowest BCUT2D eigenvalue weighted by Gasteiger charge is -2.36. The van der Waals surface area contributed by atoms with Crippen molar-refractivity contribution in [3.05, 3.63) is 152 Å². The highest BCUT2D eigenvalue weighted by molar-refractivity contribution is 7.91. The lowest BCUT2D eigenvalue weighted by Crippen LogP contribution is -2.56. The van der Waals surface area contributed by atoms with Crippen LogP contribution in [0.5, 0.6) is 17.2 Å². The average molecular weight is 925 g/mol. The second kappa shape index (κ2) is 18.3. The van der Waals surface area contributed by atoms with E-state index in [-0.39, 0.29) is 41.0 Å². The van der Waals surface area contributed by atoms with E-state index in [9.17, 15) is 18.0 Å². The number of carbonyl (C=O) groups excluding carboxylic acids is 2. The largest absolute Gasteiger partial charge is 0.489 e. The molecule has 0 spiro atoms. The fraction of sp³-hybridized carbons (Fsp3) is 0.217. The van der Waals surface area contributed by atoms with Gasteiger partial charge < -0.3 is 30.0 Å². The lowest BCUT2D eigenvalue weighted by molar-refractivity contribution is -0.145. The molecule has 1 amide bonds. The Balaban J connectivity index is 1.02. The number of hydrogen-bond acceptors (Lipinski definition) is 12. The van der Waals surface area contributed by atoms with Crippen LogP contribution in [0, 0.1) is 18.3 Å². The number of amides is 1. The summed E-state index contributed by atoms with van der Waals surface area (Å²) in [5.74, 6) is 0.116. The van der Waals surface area contributed by atoms with Gasteiger partial charge in [0.25, 0.3) is 10.0 Å².